The zero-order valence-corrected chi connectivity index (χ0v) is 16.0. The molecule has 0 bridgehead atoms. The van der Waals surface area contributed by atoms with Crippen molar-refractivity contribution in [1.82, 2.24) is 4.72 Å². The van der Waals surface area contributed by atoms with Gasteiger partial charge in [0.1, 0.15) is 0 Å². The Labute approximate surface area is 158 Å². The van der Waals surface area contributed by atoms with Crippen molar-refractivity contribution in [1.29, 1.82) is 0 Å². The van der Waals surface area contributed by atoms with Crippen LogP contribution in [0, 0.1) is 0 Å². The molecule has 1 amide bonds. The largest absolute Gasteiger partial charge is 0.454 e. The highest BCUT2D eigenvalue weighted by Crippen LogP contribution is 2.34. The van der Waals surface area contributed by atoms with Gasteiger partial charge in [-0.05, 0) is 35.7 Å². The average Bonchev–Trinajstić information content (AvgIpc) is 3.09. The summed E-state index contributed by atoms with van der Waals surface area (Å²) < 4.78 is 37.5. The summed E-state index contributed by atoms with van der Waals surface area (Å²) in [7, 11) is -3.65. The minimum Gasteiger partial charge on any atom is -0.454 e. The molecule has 7 nitrogen and oxygen atoms in total. The maximum atomic E-state index is 12.3. The van der Waals surface area contributed by atoms with Crippen molar-refractivity contribution in [3.05, 3.63) is 48.0 Å². The van der Waals surface area contributed by atoms with E-state index in [2.05, 4.69) is 10.0 Å². The van der Waals surface area contributed by atoms with Gasteiger partial charge in [-0.2, -0.15) is 0 Å². The second-order valence-corrected chi connectivity index (χ2v) is 8.25. The fourth-order valence-corrected chi connectivity index (χ4v) is 3.64. The Bertz CT molecular complexity index is 924. The number of amides is 1. The van der Waals surface area contributed by atoms with E-state index in [1.807, 2.05) is 13.8 Å². The van der Waals surface area contributed by atoms with Crippen LogP contribution in [0.5, 0.6) is 11.5 Å². The van der Waals surface area contributed by atoms with E-state index in [1.165, 1.54) is 0 Å². The first kappa shape index (κ1) is 19.2. The van der Waals surface area contributed by atoms with Crippen molar-refractivity contribution in [2.45, 2.75) is 31.1 Å². The number of sulfonamides is 1. The quantitative estimate of drug-likeness (QED) is 0.758. The van der Waals surface area contributed by atoms with E-state index in [1.54, 1.807) is 42.5 Å². The summed E-state index contributed by atoms with van der Waals surface area (Å²) in [5, 5.41) is 2.71. The minimum atomic E-state index is -3.65. The SMILES string of the molecule is CC(C)c1ccc(S(=O)(=O)NCCC(=O)Nc2ccc3c(c2)OCO3)cc1. The number of carbonyl (C=O) groups is 1. The van der Waals surface area contributed by atoms with Gasteiger partial charge in [-0.1, -0.05) is 26.0 Å². The Morgan fingerprint density at radius 3 is 2.48 bits per heavy atom. The molecule has 2 N–H and O–H groups in total. The van der Waals surface area contributed by atoms with E-state index in [9.17, 15) is 13.2 Å². The highest BCUT2D eigenvalue weighted by atomic mass is 32.2. The van der Waals surface area contributed by atoms with Gasteiger partial charge in [0.15, 0.2) is 11.5 Å². The molecule has 2 aromatic rings. The van der Waals surface area contributed by atoms with Crippen LogP contribution >= 0.6 is 0 Å². The molecule has 1 heterocycles. The van der Waals surface area contributed by atoms with E-state index >= 15 is 0 Å². The smallest absolute Gasteiger partial charge is 0.240 e. The lowest BCUT2D eigenvalue weighted by atomic mass is 10.0. The van der Waals surface area contributed by atoms with Gasteiger partial charge in [0.25, 0.3) is 0 Å². The van der Waals surface area contributed by atoms with Crippen LogP contribution in [0.4, 0.5) is 5.69 Å². The highest BCUT2D eigenvalue weighted by molar-refractivity contribution is 7.89. The summed E-state index contributed by atoms with van der Waals surface area (Å²) in [6, 6.07) is 11.8. The minimum absolute atomic E-state index is 0.00461. The van der Waals surface area contributed by atoms with Crippen LogP contribution in [0.1, 0.15) is 31.7 Å². The summed E-state index contributed by atoms with van der Waals surface area (Å²) in [5.74, 6) is 1.23. The first-order chi connectivity index (χ1) is 12.8. The fourth-order valence-electron chi connectivity index (χ4n) is 2.61. The molecule has 144 valence electrons. The number of ether oxygens (including phenoxy) is 2. The topological polar surface area (TPSA) is 93.7 Å². The Hall–Kier alpha value is -2.58. The molecule has 0 aliphatic carbocycles. The molecule has 8 heteroatoms. The molecule has 0 radical (unpaired) electrons. The number of hydrogen-bond acceptors (Lipinski definition) is 5. The number of hydrogen-bond donors (Lipinski definition) is 2. The van der Waals surface area contributed by atoms with Crippen LogP contribution in [0.25, 0.3) is 0 Å². The maximum absolute atomic E-state index is 12.3. The van der Waals surface area contributed by atoms with Crippen molar-refractivity contribution in [2.75, 3.05) is 18.7 Å². The zero-order valence-electron chi connectivity index (χ0n) is 15.2. The molecule has 0 atom stereocenters. The van der Waals surface area contributed by atoms with Crippen LogP contribution in [0.3, 0.4) is 0 Å². The van der Waals surface area contributed by atoms with Crippen molar-refractivity contribution < 1.29 is 22.7 Å². The summed E-state index contributed by atoms with van der Waals surface area (Å²) in [6.45, 7) is 4.25. The van der Waals surface area contributed by atoms with Gasteiger partial charge in [0.05, 0.1) is 4.90 Å². The van der Waals surface area contributed by atoms with Crippen LogP contribution in [-0.2, 0) is 14.8 Å². The van der Waals surface area contributed by atoms with Crippen LogP contribution in [0.2, 0.25) is 0 Å². The molecule has 3 rings (SSSR count). The first-order valence-electron chi connectivity index (χ1n) is 8.64. The van der Waals surface area contributed by atoms with Crippen LogP contribution < -0.4 is 19.5 Å². The van der Waals surface area contributed by atoms with Gasteiger partial charge >= 0.3 is 0 Å². The summed E-state index contributed by atoms with van der Waals surface area (Å²) in [6.07, 6.45) is 0.0117. The molecule has 1 aliphatic heterocycles. The van der Waals surface area contributed by atoms with E-state index < -0.39 is 10.0 Å². The Balaban J connectivity index is 1.51. The Morgan fingerprint density at radius 1 is 1.07 bits per heavy atom. The zero-order chi connectivity index (χ0) is 19.4. The number of rotatable bonds is 7. The number of carbonyl (C=O) groups excluding carboxylic acids is 1. The van der Waals surface area contributed by atoms with Crippen LogP contribution in [0.15, 0.2) is 47.4 Å². The van der Waals surface area contributed by atoms with E-state index in [0.29, 0.717) is 23.1 Å². The molecule has 0 fully saturated rings. The molecule has 27 heavy (non-hydrogen) atoms. The molecule has 0 saturated heterocycles. The second-order valence-electron chi connectivity index (χ2n) is 6.49. The summed E-state index contributed by atoms with van der Waals surface area (Å²) in [4.78, 5) is 12.2. The number of nitrogens with one attached hydrogen (secondary N) is 2. The van der Waals surface area contributed by atoms with E-state index in [0.717, 1.165) is 5.56 Å². The van der Waals surface area contributed by atoms with Gasteiger partial charge in [0.2, 0.25) is 22.7 Å². The van der Waals surface area contributed by atoms with E-state index in [-0.39, 0.29) is 30.6 Å². The normalized spacial score (nSPS) is 13.0. The summed E-state index contributed by atoms with van der Waals surface area (Å²) in [5.41, 5.74) is 1.63. The van der Waals surface area contributed by atoms with Crippen molar-refractivity contribution in [2.24, 2.45) is 0 Å². The van der Waals surface area contributed by atoms with E-state index in [4.69, 9.17) is 9.47 Å². The van der Waals surface area contributed by atoms with Gasteiger partial charge in [-0.15, -0.1) is 0 Å². The monoisotopic (exact) mass is 390 g/mol. The molecular weight excluding hydrogens is 368 g/mol. The lowest BCUT2D eigenvalue weighted by Crippen LogP contribution is -2.27. The summed E-state index contributed by atoms with van der Waals surface area (Å²) >= 11 is 0. The third-order valence-electron chi connectivity index (χ3n) is 4.16. The third-order valence-corrected chi connectivity index (χ3v) is 5.63. The number of benzene rings is 2. The van der Waals surface area contributed by atoms with Gasteiger partial charge in [0, 0.05) is 24.7 Å². The molecule has 0 unspecified atom stereocenters. The lowest BCUT2D eigenvalue weighted by molar-refractivity contribution is -0.116. The molecule has 0 spiro atoms. The molecular formula is C19H22N2O5S. The van der Waals surface area contributed by atoms with Gasteiger partial charge in [-0.3, -0.25) is 4.79 Å². The van der Waals surface area contributed by atoms with Gasteiger partial charge < -0.3 is 14.8 Å². The predicted octanol–water partition coefficient (Wildman–Crippen LogP) is 2.85. The molecule has 0 saturated carbocycles. The van der Waals surface area contributed by atoms with Crippen molar-refractivity contribution in [3.63, 3.8) is 0 Å². The Morgan fingerprint density at radius 2 is 1.78 bits per heavy atom. The predicted molar refractivity (Wildman–Crippen MR) is 102 cm³/mol. The van der Waals surface area contributed by atoms with Gasteiger partial charge in [-0.25, -0.2) is 13.1 Å². The van der Waals surface area contributed by atoms with Crippen LogP contribution in [-0.4, -0.2) is 27.7 Å². The lowest BCUT2D eigenvalue weighted by Gasteiger charge is -2.10. The van der Waals surface area contributed by atoms with Crippen molar-refractivity contribution >= 4 is 21.6 Å². The standard InChI is InChI=1S/C19H22N2O5S/c1-13(2)14-3-6-16(7-4-14)27(23,24)20-10-9-19(22)21-15-5-8-17-18(11-15)26-12-25-17/h3-8,11,13,20H,9-10,12H2,1-2H3,(H,21,22). The highest BCUT2D eigenvalue weighted by Gasteiger charge is 2.16. The fraction of sp³-hybridized carbons (Fsp3) is 0.316. The average molecular weight is 390 g/mol. The second kappa shape index (κ2) is 7.98. The number of fused-ring (bicyclic) bond motifs is 1. The number of anilines is 1. The molecule has 2 aromatic carbocycles. The Kier molecular flexibility index (Phi) is 5.67. The molecule has 0 aromatic heterocycles. The molecule has 1 aliphatic rings. The first-order valence-corrected chi connectivity index (χ1v) is 10.1. The van der Waals surface area contributed by atoms with Crippen molar-refractivity contribution in [3.8, 4) is 11.5 Å². The third kappa shape index (κ3) is 4.78. The maximum Gasteiger partial charge on any atom is 0.240 e.